The first-order valence-electron chi connectivity index (χ1n) is 10.5. The standard InChI is InChI=1S/C23H18Cl3N3O3/c1-10-13(25)6-5-12-19(10)27-22(32)23(12)18-17(16-3-2-8-28(16)23)20(30)29(21(18)31)15-7-4-11(24)9-14(15)26/h4-7,9,16-18H,2-3,8H2,1H3,(H,27,32)/t16-,17+,18-,23-/m0/s1. The van der Waals surface area contributed by atoms with Crippen molar-refractivity contribution in [3.63, 3.8) is 0 Å². The van der Waals surface area contributed by atoms with Gasteiger partial charge in [-0.05, 0) is 56.1 Å². The normalized spacial score (nSPS) is 30.8. The van der Waals surface area contributed by atoms with Crippen molar-refractivity contribution in [2.24, 2.45) is 11.8 Å². The number of carbonyl (C=O) groups excluding carboxylic acids is 3. The van der Waals surface area contributed by atoms with Crippen LogP contribution in [0.2, 0.25) is 15.1 Å². The van der Waals surface area contributed by atoms with Crippen molar-refractivity contribution in [2.75, 3.05) is 16.8 Å². The largest absolute Gasteiger partial charge is 0.324 e. The predicted molar refractivity (Wildman–Crippen MR) is 122 cm³/mol. The molecule has 3 amide bonds. The van der Waals surface area contributed by atoms with E-state index < -0.39 is 23.3 Å². The Morgan fingerprint density at radius 1 is 1.03 bits per heavy atom. The lowest BCUT2D eigenvalue weighted by Gasteiger charge is -2.36. The topological polar surface area (TPSA) is 69.7 Å². The Morgan fingerprint density at radius 3 is 2.56 bits per heavy atom. The summed E-state index contributed by atoms with van der Waals surface area (Å²) in [5.74, 6) is -2.46. The summed E-state index contributed by atoms with van der Waals surface area (Å²) in [6.45, 7) is 2.49. The van der Waals surface area contributed by atoms with Crippen LogP contribution in [0.5, 0.6) is 0 Å². The van der Waals surface area contributed by atoms with Crippen LogP contribution in [-0.4, -0.2) is 35.2 Å². The summed E-state index contributed by atoms with van der Waals surface area (Å²) >= 11 is 18.7. The zero-order valence-electron chi connectivity index (χ0n) is 17.0. The molecule has 4 aliphatic heterocycles. The summed E-state index contributed by atoms with van der Waals surface area (Å²) in [6, 6.07) is 8.06. The number of benzene rings is 2. The minimum Gasteiger partial charge on any atom is -0.324 e. The van der Waals surface area contributed by atoms with E-state index in [9.17, 15) is 14.4 Å². The molecule has 0 aliphatic carbocycles. The van der Waals surface area contributed by atoms with Crippen molar-refractivity contribution in [1.29, 1.82) is 0 Å². The Labute approximate surface area is 199 Å². The van der Waals surface area contributed by atoms with Gasteiger partial charge in [-0.15, -0.1) is 0 Å². The molecule has 3 saturated heterocycles. The summed E-state index contributed by atoms with van der Waals surface area (Å²) in [5.41, 5.74) is 1.16. The van der Waals surface area contributed by atoms with Gasteiger partial charge in [0, 0.05) is 21.7 Å². The summed E-state index contributed by atoms with van der Waals surface area (Å²) in [5, 5.41) is 4.15. The van der Waals surface area contributed by atoms with Gasteiger partial charge < -0.3 is 5.32 Å². The summed E-state index contributed by atoms with van der Waals surface area (Å²) < 4.78 is 0. The molecule has 4 atom stereocenters. The first-order chi connectivity index (χ1) is 15.3. The smallest absolute Gasteiger partial charge is 0.250 e. The van der Waals surface area contributed by atoms with E-state index in [-0.39, 0.29) is 22.9 Å². The van der Waals surface area contributed by atoms with Crippen LogP contribution in [-0.2, 0) is 19.9 Å². The van der Waals surface area contributed by atoms with Gasteiger partial charge in [0.05, 0.1) is 28.2 Å². The van der Waals surface area contributed by atoms with Gasteiger partial charge in [0.15, 0.2) is 0 Å². The van der Waals surface area contributed by atoms with E-state index in [4.69, 9.17) is 34.8 Å². The van der Waals surface area contributed by atoms with E-state index in [2.05, 4.69) is 10.2 Å². The number of carbonyl (C=O) groups is 3. The molecule has 9 heteroatoms. The summed E-state index contributed by atoms with van der Waals surface area (Å²) in [7, 11) is 0. The quantitative estimate of drug-likeness (QED) is 0.602. The van der Waals surface area contributed by atoms with Crippen LogP contribution in [0.3, 0.4) is 0 Å². The second kappa shape index (κ2) is 6.70. The van der Waals surface area contributed by atoms with Crippen LogP contribution >= 0.6 is 34.8 Å². The molecular weight excluding hydrogens is 473 g/mol. The molecule has 0 radical (unpaired) electrons. The first-order valence-corrected chi connectivity index (χ1v) is 11.6. The van der Waals surface area contributed by atoms with Crippen molar-refractivity contribution >= 4 is 63.9 Å². The number of fused-ring (bicyclic) bond motifs is 7. The van der Waals surface area contributed by atoms with Crippen LogP contribution < -0.4 is 10.2 Å². The molecule has 2 aromatic rings. The Hall–Kier alpha value is -2.12. The van der Waals surface area contributed by atoms with E-state index in [0.29, 0.717) is 33.5 Å². The van der Waals surface area contributed by atoms with Crippen molar-refractivity contribution in [3.05, 3.63) is 56.5 Å². The summed E-state index contributed by atoms with van der Waals surface area (Å²) in [6.07, 6.45) is 1.60. The molecular formula is C23H18Cl3N3O3. The molecule has 4 aliphatic rings. The average molecular weight is 491 g/mol. The Balaban J connectivity index is 1.57. The molecule has 4 heterocycles. The van der Waals surface area contributed by atoms with Crippen LogP contribution in [0.4, 0.5) is 11.4 Å². The van der Waals surface area contributed by atoms with Gasteiger partial charge in [-0.2, -0.15) is 0 Å². The van der Waals surface area contributed by atoms with Gasteiger partial charge in [0.2, 0.25) is 17.7 Å². The number of hydrogen-bond donors (Lipinski definition) is 1. The molecule has 2 aromatic carbocycles. The van der Waals surface area contributed by atoms with E-state index >= 15 is 0 Å². The molecule has 0 bridgehead atoms. The van der Waals surface area contributed by atoms with Crippen LogP contribution in [0.25, 0.3) is 0 Å². The maximum Gasteiger partial charge on any atom is 0.250 e. The fourth-order valence-corrected chi connectivity index (χ4v) is 6.94. The van der Waals surface area contributed by atoms with E-state index in [0.717, 1.165) is 23.3 Å². The Morgan fingerprint density at radius 2 is 1.81 bits per heavy atom. The molecule has 164 valence electrons. The zero-order valence-corrected chi connectivity index (χ0v) is 19.3. The lowest BCUT2D eigenvalue weighted by molar-refractivity contribution is -0.135. The Bertz CT molecular complexity index is 1250. The number of rotatable bonds is 1. The third-order valence-electron chi connectivity index (χ3n) is 7.51. The SMILES string of the molecule is Cc1c(Cl)ccc2c1NC(=O)[C@@]21[C@@H]2C(=O)N(c3ccc(Cl)cc3Cl)C(=O)[C@@H]2[C@@H]2CCCN21. The predicted octanol–water partition coefficient (Wildman–Crippen LogP) is 4.39. The van der Waals surface area contributed by atoms with Crippen LogP contribution in [0.15, 0.2) is 30.3 Å². The number of hydrogen-bond acceptors (Lipinski definition) is 4. The maximum absolute atomic E-state index is 13.9. The number of nitrogens with zero attached hydrogens (tertiary/aromatic N) is 2. The number of anilines is 2. The molecule has 6 rings (SSSR count). The van der Waals surface area contributed by atoms with Crippen LogP contribution in [0, 0.1) is 18.8 Å². The molecule has 0 saturated carbocycles. The minimum atomic E-state index is -1.24. The highest BCUT2D eigenvalue weighted by Gasteiger charge is 2.74. The zero-order chi connectivity index (χ0) is 22.5. The van der Waals surface area contributed by atoms with Gasteiger partial charge in [-0.1, -0.05) is 40.9 Å². The highest BCUT2D eigenvalue weighted by molar-refractivity contribution is 6.38. The minimum absolute atomic E-state index is 0.194. The highest BCUT2D eigenvalue weighted by atomic mass is 35.5. The number of halogens is 3. The molecule has 0 unspecified atom stereocenters. The van der Waals surface area contributed by atoms with Crippen molar-refractivity contribution < 1.29 is 14.4 Å². The number of nitrogens with one attached hydrogen (secondary N) is 1. The van der Waals surface area contributed by atoms with Gasteiger partial charge in [-0.3, -0.25) is 19.3 Å². The lowest BCUT2D eigenvalue weighted by atomic mass is 9.75. The highest BCUT2D eigenvalue weighted by Crippen LogP contribution is 2.61. The van der Waals surface area contributed by atoms with Gasteiger partial charge in [0.25, 0.3) is 0 Å². The fourth-order valence-electron chi connectivity index (χ4n) is 6.29. The first kappa shape index (κ1) is 20.5. The molecule has 6 nitrogen and oxygen atoms in total. The van der Waals surface area contributed by atoms with E-state index in [1.807, 2.05) is 13.0 Å². The molecule has 3 fully saturated rings. The number of imide groups is 1. The van der Waals surface area contributed by atoms with Crippen molar-refractivity contribution in [2.45, 2.75) is 31.3 Å². The second-order valence-electron chi connectivity index (χ2n) is 8.83. The second-order valence-corrected chi connectivity index (χ2v) is 10.1. The Kier molecular flexibility index (Phi) is 4.29. The monoisotopic (exact) mass is 489 g/mol. The molecule has 1 N–H and O–H groups in total. The molecule has 32 heavy (non-hydrogen) atoms. The third kappa shape index (κ3) is 2.29. The van der Waals surface area contributed by atoms with Crippen molar-refractivity contribution in [3.8, 4) is 0 Å². The molecule has 0 aromatic heterocycles. The maximum atomic E-state index is 13.9. The lowest BCUT2D eigenvalue weighted by Crippen LogP contribution is -2.54. The van der Waals surface area contributed by atoms with E-state index in [1.54, 1.807) is 18.2 Å². The van der Waals surface area contributed by atoms with Crippen LogP contribution in [0.1, 0.15) is 24.0 Å². The van der Waals surface area contributed by atoms with Crippen molar-refractivity contribution in [1.82, 2.24) is 4.90 Å². The third-order valence-corrected chi connectivity index (χ3v) is 8.46. The number of amides is 3. The summed E-state index contributed by atoms with van der Waals surface area (Å²) in [4.78, 5) is 44.5. The van der Waals surface area contributed by atoms with Gasteiger partial charge in [-0.25, -0.2) is 4.90 Å². The van der Waals surface area contributed by atoms with Gasteiger partial charge >= 0.3 is 0 Å². The molecule has 1 spiro atoms. The van der Waals surface area contributed by atoms with E-state index in [1.165, 1.54) is 6.07 Å². The van der Waals surface area contributed by atoms with Gasteiger partial charge in [0.1, 0.15) is 5.54 Å². The fraction of sp³-hybridized carbons (Fsp3) is 0.348. The average Bonchev–Trinajstić information content (AvgIpc) is 3.45.